The average molecular weight is 304 g/mol. The summed E-state index contributed by atoms with van der Waals surface area (Å²) in [6.45, 7) is 0. The Balaban J connectivity index is 2.12. The van der Waals surface area contributed by atoms with Crippen LogP contribution in [-0.2, 0) is 0 Å². The molecular weight excluding hydrogens is 283 g/mol. The van der Waals surface area contributed by atoms with Crippen LogP contribution in [0.4, 0.5) is 0 Å². The normalized spacial score (nSPS) is 16.1. The van der Waals surface area contributed by atoms with E-state index in [0.717, 1.165) is 10.8 Å². The van der Waals surface area contributed by atoms with E-state index in [1.807, 2.05) is 24.3 Å². The van der Waals surface area contributed by atoms with Gasteiger partial charge in [0.1, 0.15) is 0 Å². The lowest BCUT2D eigenvalue weighted by Crippen LogP contribution is -2.32. The summed E-state index contributed by atoms with van der Waals surface area (Å²) in [7, 11) is -1.45. The molecule has 3 heteroatoms. The Kier molecular flexibility index (Phi) is 3.84. The van der Waals surface area contributed by atoms with Crippen molar-refractivity contribution in [2.24, 2.45) is 0 Å². The summed E-state index contributed by atoms with van der Waals surface area (Å²) in [5.74, 6) is 0.573. The standard InChI is InChI=1S/C20H21BO2/c22-21(23)20-17-12-6-4-10-15(17)19(14-8-2-1-3-9-14)16-11-5-7-13-18(16)20/h4-7,10-14,22-23H,1-3,8-9H2. The van der Waals surface area contributed by atoms with Crippen LogP contribution in [0.1, 0.15) is 43.6 Å². The predicted molar refractivity (Wildman–Crippen MR) is 97.1 cm³/mol. The van der Waals surface area contributed by atoms with Gasteiger partial charge in [-0.1, -0.05) is 67.8 Å². The lowest BCUT2D eigenvalue weighted by atomic mass is 9.70. The van der Waals surface area contributed by atoms with Gasteiger partial charge in [0.25, 0.3) is 0 Å². The highest BCUT2D eigenvalue weighted by Crippen LogP contribution is 2.40. The number of hydrogen-bond acceptors (Lipinski definition) is 2. The van der Waals surface area contributed by atoms with E-state index in [1.54, 1.807) is 0 Å². The van der Waals surface area contributed by atoms with Gasteiger partial charge in [0, 0.05) is 0 Å². The monoisotopic (exact) mass is 304 g/mol. The lowest BCUT2D eigenvalue weighted by molar-refractivity contribution is 0.426. The van der Waals surface area contributed by atoms with E-state index in [1.165, 1.54) is 48.4 Å². The van der Waals surface area contributed by atoms with E-state index in [2.05, 4.69) is 24.3 Å². The van der Waals surface area contributed by atoms with Crippen LogP contribution in [-0.4, -0.2) is 17.2 Å². The minimum Gasteiger partial charge on any atom is -0.423 e. The Hall–Kier alpha value is -1.84. The minimum atomic E-state index is -1.45. The number of hydrogen-bond donors (Lipinski definition) is 2. The molecule has 3 aromatic rings. The summed E-state index contributed by atoms with van der Waals surface area (Å²) in [5, 5.41) is 24.3. The van der Waals surface area contributed by atoms with E-state index in [-0.39, 0.29) is 0 Å². The van der Waals surface area contributed by atoms with Crippen LogP contribution < -0.4 is 5.46 Å². The van der Waals surface area contributed by atoms with Crippen LogP contribution in [0.25, 0.3) is 21.5 Å². The maximum Gasteiger partial charge on any atom is 0.489 e. The summed E-state index contributed by atoms with van der Waals surface area (Å²) in [5.41, 5.74) is 2.04. The summed E-state index contributed by atoms with van der Waals surface area (Å²) in [4.78, 5) is 0. The van der Waals surface area contributed by atoms with Crippen molar-refractivity contribution in [1.29, 1.82) is 0 Å². The van der Waals surface area contributed by atoms with Gasteiger partial charge >= 0.3 is 7.12 Å². The second-order valence-corrected chi connectivity index (χ2v) is 6.63. The number of fused-ring (bicyclic) bond motifs is 2. The first-order chi connectivity index (χ1) is 11.3. The molecule has 0 bridgehead atoms. The van der Waals surface area contributed by atoms with Crippen LogP contribution in [0.5, 0.6) is 0 Å². The van der Waals surface area contributed by atoms with Gasteiger partial charge in [0.15, 0.2) is 0 Å². The molecule has 0 amide bonds. The summed E-state index contributed by atoms with van der Waals surface area (Å²) in [6, 6.07) is 16.4. The van der Waals surface area contributed by atoms with Crippen molar-refractivity contribution in [3.05, 3.63) is 54.1 Å². The molecule has 2 N–H and O–H groups in total. The van der Waals surface area contributed by atoms with Crippen LogP contribution in [0.15, 0.2) is 48.5 Å². The van der Waals surface area contributed by atoms with Crippen LogP contribution in [0.3, 0.4) is 0 Å². The quantitative estimate of drug-likeness (QED) is 0.559. The summed E-state index contributed by atoms with van der Waals surface area (Å²) in [6.07, 6.45) is 6.37. The largest absolute Gasteiger partial charge is 0.489 e. The molecule has 23 heavy (non-hydrogen) atoms. The van der Waals surface area contributed by atoms with Crippen molar-refractivity contribution in [1.82, 2.24) is 0 Å². The van der Waals surface area contributed by atoms with E-state index in [4.69, 9.17) is 0 Å². The maximum atomic E-state index is 9.98. The molecule has 1 saturated carbocycles. The van der Waals surface area contributed by atoms with Gasteiger partial charge in [0.2, 0.25) is 0 Å². The fourth-order valence-electron chi connectivity index (χ4n) is 4.31. The molecule has 0 aromatic heterocycles. The first-order valence-corrected chi connectivity index (χ1v) is 8.56. The molecule has 3 aromatic carbocycles. The van der Waals surface area contributed by atoms with E-state index in [0.29, 0.717) is 11.4 Å². The molecule has 0 heterocycles. The molecule has 0 saturated heterocycles. The van der Waals surface area contributed by atoms with Crippen molar-refractivity contribution in [2.45, 2.75) is 38.0 Å². The average Bonchev–Trinajstić information content (AvgIpc) is 2.59. The fourth-order valence-corrected chi connectivity index (χ4v) is 4.31. The van der Waals surface area contributed by atoms with Gasteiger partial charge < -0.3 is 10.0 Å². The van der Waals surface area contributed by atoms with Crippen molar-refractivity contribution in [3.63, 3.8) is 0 Å². The topological polar surface area (TPSA) is 40.5 Å². The van der Waals surface area contributed by atoms with E-state index >= 15 is 0 Å². The molecule has 0 unspecified atom stereocenters. The predicted octanol–water partition coefficient (Wildman–Crippen LogP) is 3.72. The van der Waals surface area contributed by atoms with Gasteiger partial charge in [-0.2, -0.15) is 0 Å². The van der Waals surface area contributed by atoms with Gasteiger partial charge in [-0.25, -0.2) is 0 Å². The van der Waals surface area contributed by atoms with E-state index < -0.39 is 7.12 Å². The van der Waals surface area contributed by atoms with Gasteiger partial charge in [-0.15, -0.1) is 0 Å². The van der Waals surface area contributed by atoms with Crippen molar-refractivity contribution >= 4 is 34.1 Å². The Morgan fingerprint density at radius 1 is 0.696 bits per heavy atom. The molecule has 0 atom stereocenters. The van der Waals surface area contributed by atoms with Gasteiger partial charge in [-0.3, -0.25) is 0 Å². The van der Waals surface area contributed by atoms with Gasteiger partial charge in [0.05, 0.1) is 0 Å². The Morgan fingerprint density at radius 3 is 1.65 bits per heavy atom. The lowest BCUT2D eigenvalue weighted by Gasteiger charge is -2.26. The highest BCUT2D eigenvalue weighted by atomic mass is 16.4. The zero-order chi connectivity index (χ0) is 15.8. The first kappa shape index (κ1) is 14.7. The van der Waals surface area contributed by atoms with Crippen molar-refractivity contribution in [3.8, 4) is 0 Å². The molecular formula is C20H21BO2. The Labute approximate surface area is 136 Å². The fraction of sp³-hybridized carbons (Fsp3) is 0.300. The third-order valence-corrected chi connectivity index (χ3v) is 5.29. The summed E-state index contributed by atoms with van der Waals surface area (Å²) < 4.78 is 0. The summed E-state index contributed by atoms with van der Waals surface area (Å²) >= 11 is 0. The Morgan fingerprint density at radius 2 is 1.17 bits per heavy atom. The molecule has 0 aliphatic heterocycles. The molecule has 1 aliphatic carbocycles. The molecule has 0 spiro atoms. The molecule has 2 nitrogen and oxygen atoms in total. The molecule has 1 aliphatic rings. The third kappa shape index (κ3) is 2.45. The SMILES string of the molecule is OB(O)c1c2ccccc2c(C2CCCCC2)c2ccccc12. The van der Waals surface area contributed by atoms with Crippen molar-refractivity contribution < 1.29 is 10.0 Å². The number of rotatable bonds is 2. The van der Waals surface area contributed by atoms with Crippen molar-refractivity contribution in [2.75, 3.05) is 0 Å². The second-order valence-electron chi connectivity index (χ2n) is 6.63. The second kappa shape index (κ2) is 5.99. The first-order valence-electron chi connectivity index (χ1n) is 8.56. The minimum absolute atomic E-state index is 0.573. The molecule has 4 rings (SSSR count). The molecule has 116 valence electrons. The van der Waals surface area contributed by atoms with Crippen LogP contribution >= 0.6 is 0 Å². The molecule has 1 fully saturated rings. The highest BCUT2D eigenvalue weighted by molar-refractivity contribution is 6.65. The third-order valence-electron chi connectivity index (χ3n) is 5.29. The maximum absolute atomic E-state index is 9.98. The zero-order valence-corrected chi connectivity index (χ0v) is 13.2. The number of benzene rings is 3. The van der Waals surface area contributed by atoms with Crippen LogP contribution in [0, 0.1) is 0 Å². The van der Waals surface area contributed by atoms with Gasteiger partial charge in [-0.05, 0) is 51.3 Å². The highest BCUT2D eigenvalue weighted by Gasteiger charge is 2.25. The van der Waals surface area contributed by atoms with E-state index in [9.17, 15) is 10.0 Å². The Bertz CT molecular complexity index is 794. The van der Waals surface area contributed by atoms with Crippen LogP contribution in [0.2, 0.25) is 0 Å². The smallest absolute Gasteiger partial charge is 0.423 e. The zero-order valence-electron chi connectivity index (χ0n) is 13.2. The molecule has 0 radical (unpaired) electrons.